The van der Waals surface area contributed by atoms with Gasteiger partial charge in [-0.1, -0.05) is 118 Å². The summed E-state index contributed by atoms with van der Waals surface area (Å²) in [6.07, 6.45) is 1.93. The lowest BCUT2D eigenvalue weighted by molar-refractivity contribution is -0.140. The molecule has 0 aromatic heterocycles. The highest BCUT2D eigenvalue weighted by molar-refractivity contribution is 7.92. The third-order valence-corrected chi connectivity index (χ3v) is 10.0. The van der Waals surface area contributed by atoms with E-state index in [9.17, 15) is 18.0 Å². The number of hydrogen-bond acceptors (Lipinski definition) is 4. The van der Waals surface area contributed by atoms with Gasteiger partial charge in [0, 0.05) is 24.5 Å². The van der Waals surface area contributed by atoms with Gasteiger partial charge in [-0.15, -0.1) is 0 Å². The van der Waals surface area contributed by atoms with Crippen molar-refractivity contribution < 1.29 is 18.0 Å². The van der Waals surface area contributed by atoms with Crippen LogP contribution >= 0.6 is 11.6 Å². The fraction of sp³-hybridized carbons (Fsp3) is 0.297. The number of unbranched alkanes of at least 4 members (excludes halogenated alkanes) is 1. The van der Waals surface area contributed by atoms with Crippen LogP contribution in [0.4, 0.5) is 5.69 Å². The molecule has 0 radical (unpaired) electrons. The van der Waals surface area contributed by atoms with E-state index in [2.05, 4.69) is 19.2 Å². The summed E-state index contributed by atoms with van der Waals surface area (Å²) in [6, 6.07) is 31.0. The van der Waals surface area contributed by atoms with Gasteiger partial charge in [0.1, 0.15) is 12.6 Å². The van der Waals surface area contributed by atoms with E-state index in [1.165, 1.54) is 17.0 Å². The van der Waals surface area contributed by atoms with Crippen LogP contribution in [0.5, 0.6) is 0 Å². The number of hydrogen-bond donors (Lipinski definition) is 1. The molecule has 46 heavy (non-hydrogen) atoms. The molecule has 0 bridgehead atoms. The van der Waals surface area contributed by atoms with E-state index in [0.29, 0.717) is 22.8 Å². The number of halogens is 1. The van der Waals surface area contributed by atoms with Gasteiger partial charge >= 0.3 is 0 Å². The first-order valence-electron chi connectivity index (χ1n) is 15.6. The summed E-state index contributed by atoms with van der Waals surface area (Å²) in [5, 5.41) is 3.45. The standard InChI is InChI=1S/C37H42ClN3O4S/c1-4-5-24-39-37(43)35(25-29-14-8-6-9-15-29)40(26-31-16-12-13-19-34(31)38)36(42)27-41(32-22-20-30(21-23-32)28(2)3)46(44,45)33-17-10-7-11-18-33/h6-23,28,35H,4-5,24-27H2,1-3H3,(H,39,43)/t35-/m1/s1. The number of carbonyl (C=O) groups excluding carboxylic acids is 2. The molecule has 4 aromatic rings. The van der Waals surface area contributed by atoms with Gasteiger partial charge in [-0.05, 0) is 59.4 Å². The zero-order valence-electron chi connectivity index (χ0n) is 26.6. The van der Waals surface area contributed by atoms with Gasteiger partial charge in [0.05, 0.1) is 10.6 Å². The number of rotatable bonds is 15. The highest BCUT2D eigenvalue weighted by Crippen LogP contribution is 2.27. The first-order chi connectivity index (χ1) is 22.1. The van der Waals surface area contributed by atoms with Crippen molar-refractivity contribution in [2.45, 2.75) is 63.4 Å². The van der Waals surface area contributed by atoms with Crippen molar-refractivity contribution in [3.05, 3.63) is 131 Å². The molecule has 0 fully saturated rings. The fourth-order valence-electron chi connectivity index (χ4n) is 5.14. The van der Waals surface area contributed by atoms with Gasteiger partial charge in [-0.3, -0.25) is 13.9 Å². The van der Waals surface area contributed by atoms with Crippen LogP contribution in [0.2, 0.25) is 5.02 Å². The number of nitrogens with one attached hydrogen (secondary N) is 1. The maximum absolute atomic E-state index is 14.6. The third-order valence-electron chi connectivity index (χ3n) is 7.86. The Bertz CT molecular complexity index is 1680. The summed E-state index contributed by atoms with van der Waals surface area (Å²) in [6.45, 7) is 6.12. The molecule has 0 aliphatic carbocycles. The molecule has 2 amide bonds. The van der Waals surface area contributed by atoms with E-state index in [-0.39, 0.29) is 29.7 Å². The van der Waals surface area contributed by atoms with E-state index in [0.717, 1.165) is 28.3 Å². The Morgan fingerprint density at radius 1 is 0.826 bits per heavy atom. The Morgan fingerprint density at radius 2 is 1.43 bits per heavy atom. The van der Waals surface area contributed by atoms with Crippen LogP contribution in [0.3, 0.4) is 0 Å². The van der Waals surface area contributed by atoms with Crippen molar-refractivity contribution in [3.63, 3.8) is 0 Å². The van der Waals surface area contributed by atoms with Crippen molar-refractivity contribution in [2.24, 2.45) is 0 Å². The Hall–Kier alpha value is -4.14. The van der Waals surface area contributed by atoms with Crippen LogP contribution in [0.15, 0.2) is 114 Å². The third kappa shape index (κ3) is 8.98. The van der Waals surface area contributed by atoms with Crippen molar-refractivity contribution in [1.29, 1.82) is 0 Å². The summed E-state index contributed by atoms with van der Waals surface area (Å²) in [4.78, 5) is 29.9. The van der Waals surface area contributed by atoms with Crippen LogP contribution < -0.4 is 9.62 Å². The Morgan fingerprint density at radius 3 is 2.04 bits per heavy atom. The van der Waals surface area contributed by atoms with Crippen LogP contribution in [0, 0.1) is 0 Å². The number of sulfonamides is 1. The second-order valence-electron chi connectivity index (χ2n) is 11.5. The first-order valence-corrected chi connectivity index (χ1v) is 17.5. The molecule has 1 atom stereocenters. The lowest BCUT2D eigenvalue weighted by Crippen LogP contribution is -2.53. The number of amides is 2. The normalized spacial score (nSPS) is 12.0. The largest absolute Gasteiger partial charge is 0.354 e. The summed E-state index contributed by atoms with van der Waals surface area (Å²) in [5.41, 5.74) is 2.91. The summed E-state index contributed by atoms with van der Waals surface area (Å²) < 4.78 is 29.4. The highest BCUT2D eigenvalue weighted by Gasteiger charge is 2.34. The molecule has 1 N–H and O–H groups in total. The highest BCUT2D eigenvalue weighted by atomic mass is 35.5. The van der Waals surface area contributed by atoms with Crippen molar-refractivity contribution in [1.82, 2.24) is 10.2 Å². The minimum Gasteiger partial charge on any atom is -0.354 e. The summed E-state index contributed by atoms with van der Waals surface area (Å²) in [7, 11) is -4.16. The molecule has 242 valence electrons. The van der Waals surface area contributed by atoms with Crippen LogP contribution in [-0.2, 0) is 32.6 Å². The zero-order chi connectivity index (χ0) is 33.1. The first kappa shape index (κ1) is 34.7. The minimum atomic E-state index is -4.16. The minimum absolute atomic E-state index is 0.0166. The number of nitrogens with zero attached hydrogens (tertiary/aromatic N) is 2. The van der Waals surface area contributed by atoms with Crippen molar-refractivity contribution in [3.8, 4) is 0 Å². The van der Waals surface area contributed by atoms with Crippen molar-refractivity contribution >= 4 is 39.1 Å². The summed E-state index contributed by atoms with van der Waals surface area (Å²) >= 11 is 6.57. The smallest absolute Gasteiger partial charge is 0.264 e. The van der Waals surface area contributed by atoms with Crippen LogP contribution in [0.1, 0.15) is 56.2 Å². The second kappa shape index (κ2) is 16.4. The number of benzene rings is 4. The molecule has 0 unspecified atom stereocenters. The molecule has 0 heterocycles. The zero-order valence-corrected chi connectivity index (χ0v) is 28.2. The molecule has 0 saturated carbocycles. The molecular formula is C37H42ClN3O4S. The molecule has 0 spiro atoms. The Kier molecular flexibility index (Phi) is 12.4. The molecule has 7 nitrogen and oxygen atoms in total. The predicted molar refractivity (Wildman–Crippen MR) is 185 cm³/mol. The lowest BCUT2D eigenvalue weighted by Gasteiger charge is -2.34. The van der Waals surface area contributed by atoms with Crippen molar-refractivity contribution in [2.75, 3.05) is 17.4 Å². The topological polar surface area (TPSA) is 86.8 Å². The maximum atomic E-state index is 14.6. The molecular weight excluding hydrogens is 618 g/mol. The number of anilines is 1. The van der Waals surface area contributed by atoms with Crippen LogP contribution in [-0.4, -0.2) is 44.3 Å². The van der Waals surface area contributed by atoms with Gasteiger partial charge in [0.15, 0.2) is 0 Å². The van der Waals surface area contributed by atoms with E-state index in [1.54, 1.807) is 48.5 Å². The Balaban J connectivity index is 1.80. The fourth-order valence-corrected chi connectivity index (χ4v) is 6.77. The average molecular weight is 660 g/mol. The van der Waals surface area contributed by atoms with Gasteiger partial charge in [0.25, 0.3) is 10.0 Å². The molecule has 0 aliphatic heterocycles. The quantitative estimate of drug-likeness (QED) is 0.137. The molecule has 0 saturated heterocycles. The molecule has 4 rings (SSSR count). The van der Waals surface area contributed by atoms with E-state index in [4.69, 9.17) is 11.6 Å². The van der Waals surface area contributed by atoms with E-state index >= 15 is 0 Å². The second-order valence-corrected chi connectivity index (χ2v) is 13.8. The van der Waals surface area contributed by atoms with Gasteiger partial charge in [0.2, 0.25) is 11.8 Å². The van der Waals surface area contributed by atoms with Crippen LogP contribution in [0.25, 0.3) is 0 Å². The monoisotopic (exact) mass is 659 g/mol. The molecule has 9 heteroatoms. The van der Waals surface area contributed by atoms with Gasteiger partial charge in [-0.25, -0.2) is 8.42 Å². The number of carbonyl (C=O) groups is 2. The van der Waals surface area contributed by atoms with E-state index < -0.39 is 28.5 Å². The SMILES string of the molecule is CCCCNC(=O)[C@@H](Cc1ccccc1)N(Cc1ccccc1Cl)C(=O)CN(c1ccc(C(C)C)cc1)S(=O)(=O)c1ccccc1. The summed E-state index contributed by atoms with van der Waals surface area (Å²) in [5.74, 6) is -0.596. The van der Waals surface area contributed by atoms with E-state index in [1.807, 2.05) is 55.5 Å². The maximum Gasteiger partial charge on any atom is 0.264 e. The van der Waals surface area contributed by atoms with Gasteiger partial charge in [-0.2, -0.15) is 0 Å². The molecule has 0 aliphatic rings. The Labute approximate surface area is 278 Å². The average Bonchev–Trinajstić information content (AvgIpc) is 3.06. The predicted octanol–water partition coefficient (Wildman–Crippen LogP) is 7.22. The lowest BCUT2D eigenvalue weighted by atomic mass is 10.0. The van der Waals surface area contributed by atoms with Gasteiger partial charge < -0.3 is 10.2 Å². The molecule has 4 aromatic carbocycles.